The monoisotopic (exact) mass is 468 g/mol. The van der Waals surface area contributed by atoms with E-state index in [1.165, 1.54) is 0 Å². The molecule has 0 aliphatic carbocycles. The summed E-state index contributed by atoms with van der Waals surface area (Å²) in [7, 11) is 0. The lowest BCUT2D eigenvalue weighted by atomic mass is 9.94. The first-order valence-corrected chi connectivity index (χ1v) is 9.39. The van der Waals surface area contributed by atoms with E-state index in [1.54, 1.807) is 0 Å². The lowest BCUT2D eigenvalue weighted by molar-refractivity contribution is -0.422. The van der Waals surface area contributed by atoms with Gasteiger partial charge in [-0.1, -0.05) is 25.7 Å². The molecule has 1 aliphatic heterocycles. The molecule has 0 aromatic carbocycles. The van der Waals surface area contributed by atoms with Gasteiger partial charge in [0.25, 0.3) is 0 Å². The molecule has 1 unspecified atom stereocenters. The Hall–Kier alpha value is -0.850. The summed E-state index contributed by atoms with van der Waals surface area (Å²) >= 11 is 0. The lowest BCUT2D eigenvalue weighted by Gasteiger charge is -2.37. The number of hydrogen-bond acceptors (Lipinski definition) is 2. The highest BCUT2D eigenvalue weighted by atomic mass is 19.4. The van der Waals surface area contributed by atoms with E-state index in [1.807, 2.05) is 0 Å². The van der Waals surface area contributed by atoms with Gasteiger partial charge in [-0.15, -0.1) is 0 Å². The molecule has 0 saturated carbocycles. The standard InChI is InChI=1S/C17H23F11O2/c18-13(19,14(20,21)15(22,23)16(24,25)17(26,27)28)9-5-3-1-2-4-6-10-29-12-8-7-11-30-12/h12H,1-11H2. The molecule has 1 rings (SSSR count). The van der Waals surface area contributed by atoms with E-state index in [4.69, 9.17) is 9.47 Å². The molecule has 0 bridgehead atoms. The van der Waals surface area contributed by atoms with Crippen LogP contribution in [0.2, 0.25) is 0 Å². The highest BCUT2D eigenvalue weighted by molar-refractivity contribution is 5.06. The van der Waals surface area contributed by atoms with E-state index in [9.17, 15) is 48.3 Å². The Morgan fingerprint density at radius 3 is 1.70 bits per heavy atom. The zero-order valence-corrected chi connectivity index (χ0v) is 15.8. The van der Waals surface area contributed by atoms with E-state index in [-0.39, 0.29) is 19.1 Å². The van der Waals surface area contributed by atoms with Crippen molar-refractivity contribution in [2.45, 2.75) is 93.9 Å². The van der Waals surface area contributed by atoms with Gasteiger partial charge in [-0.2, -0.15) is 48.3 Å². The predicted octanol–water partition coefficient (Wildman–Crippen LogP) is 6.97. The summed E-state index contributed by atoms with van der Waals surface area (Å²) < 4.78 is 152. The van der Waals surface area contributed by atoms with Gasteiger partial charge in [0.2, 0.25) is 0 Å². The molecule has 0 amide bonds. The normalized spacial score (nSPS) is 19.5. The molecule has 13 heteroatoms. The van der Waals surface area contributed by atoms with Crippen LogP contribution in [0.5, 0.6) is 0 Å². The van der Waals surface area contributed by atoms with Gasteiger partial charge in [-0.25, -0.2) is 0 Å². The van der Waals surface area contributed by atoms with Crippen molar-refractivity contribution in [2.75, 3.05) is 13.2 Å². The summed E-state index contributed by atoms with van der Waals surface area (Å²) in [6, 6.07) is 0. The first kappa shape index (κ1) is 27.2. The van der Waals surface area contributed by atoms with Gasteiger partial charge in [-0.3, -0.25) is 0 Å². The van der Waals surface area contributed by atoms with Crippen molar-refractivity contribution in [1.29, 1.82) is 0 Å². The third kappa shape index (κ3) is 6.10. The fraction of sp³-hybridized carbons (Fsp3) is 1.00. The maximum atomic E-state index is 13.5. The summed E-state index contributed by atoms with van der Waals surface area (Å²) in [4.78, 5) is 0. The van der Waals surface area contributed by atoms with Crippen molar-refractivity contribution >= 4 is 0 Å². The second-order valence-corrected chi connectivity index (χ2v) is 7.11. The Labute approximate surface area is 166 Å². The minimum Gasteiger partial charge on any atom is -0.353 e. The maximum Gasteiger partial charge on any atom is 0.460 e. The van der Waals surface area contributed by atoms with Crippen LogP contribution in [0.4, 0.5) is 48.3 Å². The molecule has 30 heavy (non-hydrogen) atoms. The van der Waals surface area contributed by atoms with Crippen molar-refractivity contribution in [3.63, 3.8) is 0 Å². The summed E-state index contributed by atoms with van der Waals surface area (Å²) in [6.45, 7) is 1.02. The molecule has 0 aromatic heterocycles. The fourth-order valence-corrected chi connectivity index (χ4v) is 2.81. The van der Waals surface area contributed by atoms with E-state index in [0.29, 0.717) is 32.5 Å². The van der Waals surface area contributed by atoms with Gasteiger partial charge in [0.1, 0.15) is 0 Å². The van der Waals surface area contributed by atoms with Crippen LogP contribution in [0.25, 0.3) is 0 Å². The largest absolute Gasteiger partial charge is 0.460 e. The van der Waals surface area contributed by atoms with E-state index >= 15 is 0 Å². The van der Waals surface area contributed by atoms with Gasteiger partial charge < -0.3 is 9.47 Å². The van der Waals surface area contributed by atoms with Crippen molar-refractivity contribution in [3.8, 4) is 0 Å². The molecule has 1 atom stereocenters. The maximum absolute atomic E-state index is 13.5. The molecule has 1 aliphatic rings. The van der Waals surface area contributed by atoms with E-state index in [2.05, 4.69) is 0 Å². The fourth-order valence-electron chi connectivity index (χ4n) is 2.81. The molecule has 0 radical (unpaired) electrons. The first-order chi connectivity index (χ1) is 13.6. The molecule has 1 fully saturated rings. The molecule has 0 spiro atoms. The van der Waals surface area contributed by atoms with Gasteiger partial charge in [0, 0.05) is 26.1 Å². The van der Waals surface area contributed by atoms with Gasteiger partial charge in [-0.05, 0) is 19.3 Å². The predicted molar refractivity (Wildman–Crippen MR) is 83.1 cm³/mol. The molecule has 1 heterocycles. The Morgan fingerprint density at radius 2 is 1.20 bits per heavy atom. The average Bonchev–Trinajstić information content (AvgIpc) is 3.12. The third-order valence-electron chi connectivity index (χ3n) is 4.68. The van der Waals surface area contributed by atoms with Crippen molar-refractivity contribution in [2.24, 2.45) is 0 Å². The van der Waals surface area contributed by atoms with Gasteiger partial charge >= 0.3 is 29.9 Å². The van der Waals surface area contributed by atoms with Crippen LogP contribution in [0.1, 0.15) is 57.8 Å². The van der Waals surface area contributed by atoms with Crippen molar-refractivity contribution in [1.82, 2.24) is 0 Å². The number of alkyl halides is 11. The summed E-state index contributed by atoms with van der Waals surface area (Å²) in [5.74, 6) is -27.3. The van der Waals surface area contributed by atoms with Crippen LogP contribution in [0.3, 0.4) is 0 Å². The minimum atomic E-state index is -7.32. The van der Waals surface area contributed by atoms with Crippen LogP contribution >= 0.6 is 0 Å². The SMILES string of the molecule is FC(F)(F)C(F)(F)C(F)(F)C(F)(F)C(F)(F)CCCCCCCCOC1CCCO1. The Balaban J connectivity index is 2.38. The molecular formula is C17H23F11O2. The number of halogens is 11. The Morgan fingerprint density at radius 1 is 0.667 bits per heavy atom. The molecular weight excluding hydrogens is 445 g/mol. The molecule has 2 nitrogen and oxygen atoms in total. The average molecular weight is 468 g/mol. The van der Waals surface area contributed by atoms with Crippen LogP contribution in [-0.4, -0.2) is 49.4 Å². The lowest BCUT2D eigenvalue weighted by Crippen LogP contribution is -2.66. The minimum absolute atomic E-state index is 0.112. The van der Waals surface area contributed by atoms with Gasteiger partial charge in [0.05, 0.1) is 0 Å². The van der Waals surface area contributed by atoms with E-state index in [0.717, 1.165) is 12.8 Å². The molecule has 0 aromatic rings. The Kier molecular flexibility index (Phi) is 9.22. The topological polar surface area (TPSA) is 18.5 Å². The highest BCUT2D eigenvalue weighted by Crippen LogP contribution is 2.58. The smallest absolute Gasteiger partial charge is 0.353 e. The van der Waals surface area contributed by atoms with Crippen LogP contribution in [0.15, 0.2) is 0 Å². The number of rotatable bonds is 13. The second-order valence-electron chi connectivity index (χ2n) is 7.11. The summed E-state index contributed by atoms with van der Waals surface area (Å²) in [5, 5.41) is 0. The van der Waals surface area contributed by atoms with E-state index < -0.39 is 42.7 Å². The zero-order valence-electron chi connectivity index (χ0n) is 15.8. The highest BCUT2D eigenvalue weighted by Gasteiger charge is 2.86. The molecule has 180 valence electrons. The molecule has 1 saturated heterocycles. The second kappa shape index (κ2) is 10.2. The molecule has 0 N–H and O–H groups in total. The van der Waals surface area contributed by atoms with Crippen LogP contribution in [0, 0.1) is 0 Å². The zero-order chi connectivity index (χ0) is 23.3. The third-order valence-corrected chi connectivity index (χ3v) is 4.68. The van der Waals surface area contributed by atoms with Crippen LogP contribution < -0.4 is 0 Å². The Bertz CT molecular complexity index is 514. The van der Waals surface area contributed by atoms with Crippen LogP contribution in [-0.2, 0) is 9.47 Å². The van der Waals surface area contributed by atoms with Crippen molar-refractivity contribution < 1.29 is 57.8 Å². The summed E-state index contributed by atoms with van der Waals surface area (Å²) in [5.41, 5.74) is 0. The summed E-state index contributed by atoms with van der Waals surface area (Å²) in [6.07, 6.45) is -6.53. The van der Waals surface area contributed by atoms with Gasteiger partial charge in [0.15, 0.2) is 6.29 Å². The first-order valence-electron chi connectivity index (χ1n) is 9.39. The van der Waals surface area contributed by atoms with Crippen molar-refractivity contribution in [3.05, 3.63) is 0 Å². The number of hydrogen-bond donors (Lipinski definition) is 0. The quantitative estimate of drug-likeness (QED) is 0.215. The number of unbranched alkanes of at least 4 members (excludes halogenated alkanes) is 5. The number of ether oxygens (including phenoxy) is 2.